The number of aromatic nitrogens is 2. The largest absolute Gasteiger partial charge is 0.496 e. The number of nitrogens with zero attached hydrogens (tertiary/aromatic N) is 5. The first-order valence-corrected chi connectivity index (χ1v) is 21.2. The van der Waals surface area contributed by atoms with Crippen LogP contribution in [0.1, 0.15) is 64.8 Å². The van der Waals surface area contributed by atoms with Crippen molar-refractivity contribution in [2.24, 2.45) is 12.5 Å². The van der Waals surface area contributed by atoms with Crippen molar-refractivity contribution in [3.63, 3.8) is 0 Å². The lowest BCUT2D eigenvalue weighted by Crippen LogP contribution is -2.54. The fourth-order valence-corrected chi connectivity index (χ4v) is 9.35. The van der Waals surface area contributed by atoms with Crippen LogP contribution in [0.4, 0.5) is 0 Å². The molecule has 5 amide bonds. The summed E-state index contributed by atoms with van der Waals surface area (Å²) < 4.78 is 31.3. The van der Waals surface area contributed by atoms with Gasteiger partial charge in [0.25, 0.3) is 17.4 Å². The molecule has 0 aliphatic carbocycles. The van der Waals surface area contributed by atoms with Crippen molar-refractivity contribution in [1.82, 2.24) is 29.6 Å². The normalized spacial score (nSPS) is 19.6. The first-order valence-electron chi connectivity index (χ1n) is 21.2. The zero-order valence-corrected chi connectivity index (χ0v) is 36.0. The van der Waals surface area contributed by atoms with E-state index >= 15 is 0 Å². The predicted molar refractivity (Wildman–Crippen MR) is 229 cm³/mol. The molecule has 2 atom stereocenters. The van der Waals surface area contributed by atoms with Crippen molar-refractivity contribution < 1.29 is 47.7 Å². The smallest absolute Gasteiger partial charge is 0.266 e. The molecular weight excluding hydrogens is 813 g/mol. The van der Waals surface area contributed by atoms with E-state index in [9.17, 15) is 28.8 Å². The number of nitrogens with one attached hydrogen (secondary N) is 1. The summed E-state index contributed by atoms with van der Waals surface area (Å²) in [6.07, 6.45) is 8.07. The second-order valence-electron chi connectivity index (χ2n) is 16.8. The van der Waals surface area contributed by atoms with Gasteiger partial charge in [0, 0.05) is 63.8 Å². The highest BCUT2D eigenvalue weighted by Gasteiger charge is 2.46. The van der Waals surface area contributed by atoms with E-state index in [4.69, 9.17) is 23.7 Å². The van der Waals surface area contributed by atoms with Gasteiger partial charge >= 0.3 is 0 Å². The van der Waals surface area contributed by atoms with Crippen molar-refractivity contribution in [3.05, 3.63) is 82.0 Å². The molecule has 4 aliphatic heterocycles. The predicted octanol–water partition coefficient (Wildman–Crippen LogP) is 3.33. The highest BCUT2D eigenvalue weighted by atomic mass is 16.5. The summed E-state index contributed by atoms with van der Waals surface area (Å²) in [5, 5.41) is 3.53. The van der Waals surface area contributed by atoms with E-state index in [1.807, 2.05) is 29.3 Å². The van der Waals surface area contributed by atoms with Crippen molar-refractivity contribution in [3.8, 4) is 28.4 Å². The van der Waals surface area contributed by atoms with E-state index in [1.54, 1.807) is 50.4 Å². The average Bonchev–Trinajstić information content (AvgIpc) is 3.78. The Hall–Kier alpha value is -6.17. The monoisotopic (exact) mass is 864 g/mol. The van der Waals surface area contributed by atoms with Crippen LogP contribution in [-0.4, -0.2) is 133 Å². The van der Waals surface area contributed by atoms with E-state index in [-0.39, 0.29) is 78.9 Å². The Bertz CT molecular complexity index is 2490. The molecule has 17 heteroatoms. The van der Waals surface area contributed by atoms with E-state index in [1.165, 1.54) is 6.07 Å². The van der Waals surface area contributed by atoms with Gasteiger partial charge in [-0.3, -0.25) is 48.9 Å². The molecule has 2 aromatic carbocycles. The molecule has 2 aromatic heterocycles. The number of likely N-dealkylation sites (tertiary alicyclic amines) is 1. The molecule has 332 valence electrons. The number of pyridine rings is 2. The van der Waals surface area contributed by atoms with Gasteiger partial charge in [0.05, 0.1) is 68.6 Å². The van der Waals surface area contributed by atoms with Gasteiger partial charge in [0.1, 0.15) is 29.9 Å². The lowest BCUT2D eigenvalue weighted by Gasteiger charge is -2.38. The maximum absolute atomic E-state index is 13.3. The molecule has 8 rings (SSSR count). The molecule has 63 heavy (non-hydrogen) atoms. The summed E-state index contributed by atoms with van der Waals surface area (Å²) in [5.41, 5.74) is 2.76. The first kappa shape index (κ1) is 43.5. The number of imide groups is 2. The summed E-state index contributed by atoms with van der Waals surface area (Å²) in [6.45, 7) is 3.66. The minimum Gasteiger partial charge on any atom is -0.496 e. The average molecular weight is 865 g/mol. The number of amides is 5. The summed E-state index contributed by atoms with van der Waals surface area (Å²) >= 11 is 0. The number of carbonyl (C=O) groups excluding carboxylic acids is 5. The van der Waals surface area contributed by atoms with Gasteiger partial charge in [-0.25, -0.2) is 0 Å². The molecule has 0 bridgehead atoms. The summed E-state index contributed by atoms with van der Waals surface area (Å²) in [4.78, 5) is 85.5. The van der Waals surface area contributed by atoms with Gasteiger partial charge in [-0.2, -0.15) is 0 Å². The fraction of sp³-hybridized carbons (Fsp3) is 0.457. The summed E-state index contributed by atoms with van der Waals surface area (Å²) in [5.74, 6) is -0.780. The highest BCUT2D eigenvalue weighted by Crippen LogP contribution is 2.43. The molecule has 1 spiro atoms. The number of aryl methyl sites for hydroxylation is 1. The van der Waals surface area contributed by atoms with Gasteiger partial charge in [-0.15, -0.1) is 0 Å². The van der Waals surface area contributed by atoms with E-state index in [0.717, 1.165) is 46.2 Å². The lowest BCUT2D eigenvalue weighted by molar-refractivity contribution is -0.136. The Labute approximate surface area is 364 Å². The van der Waals surface area contributed by atoms with Crippen LogP contribution in [-0.2, 0) is 37.4 Å². The van der Waals surface area contributed by atoms with Crippen LogP contribution in [0.25, 0.3) is 21.9 Å². The van der Waals surface area contributed by atoms with Gasteiger partial charge < -0.3 is 33.2 Å². The van der Waals surface area contributed by atoms with Crippen LogP contribution in [0.15, 0.2) is 59.8 Å². The SMILES string of the molecule is COc1cc(-c2cn(C)c(=O)c3cnccc23)cc(OC)c1CN(C)CC1CC2(CCN(C(=O)CCOCCOc3cccc4c3C(=O)N(C3CCC(=O)NC3=O)C4=O)CC2)CO1. The molecule has 6 heterocycles. The van der Waals surface area contributed by atoms with Crippen molar-refractivity contribution in [2.75, 3.05) is 67.3 Å². The Kier molecular flexibility index (Phi) is 12.6. The molecule has 4 aromatic rings. The topological polar surface area (TPSA) is 188 Å². The maximum Gasteiger partial charge on any atom is 0.266 e. The second kappa shape index (κ2) is 18.3. The van der Waals surface area contributed by atoms with E-state index in [2.05, 4.69) is 22.2 Å². The molecule has 0 radical (unpaired) electrons. The molecule has 1 N–H and O–H groups in total. The maximum atomic E-state index is 13.3. The third-order valence-electron chi connectivity index (χ3n) is 12.7. The number of hydrogen-bond acceptors (Lipinski definition) is 13. The van der Waals surface area contributed by atoms with Crippen LogP contribution < -0.4 is 25.1 Å². The second-order valence-corrected chi connectivity index (χ2v) is 16.8. The van der Waals surface area contributed by atoms with Gasteiger partial charge in [-0.05, 0) is 79.4 Å². The van der Waals surface area contributed by atoms with Crippen molar-refractivity contribution in [2.45, 2.75) is 57.2 Å². The number of methoxy groups -OCH3 is 2. The quantitative estimate of drug-likeness (QED) is 0.136. The number of rotatable bonds is 15. The third-order valence-corrected chi connectivity index (χ3v) is 12.7. The summed E-state index contributed by atoms with van der Waals surface area (Å²) in [6, 6.07) is 9.43. The molecular formula is C46H52N6O11. The van der Waals surface area contributed by atoms with E-state index in [0.29, 0.717) is 49.7 Å². The van der Waals surface area contributed by atoms with E-state index < -0.39 is 29.7 Å². The van der Waals surface area contributed by atoms with Gasteiger partial charge in [0.2, 0.25) is 17.7 Å². The van der Waals surface area contributed by atoms with Crippen LogP contribution in [0.5, 0.6) is 17.2 Å². The number of ether oxygens (including phenoxy) is 5. The van der Waals surface area contributed by atoms with Crippen molar-refractivity contribution in [1.29, 1.82) is 0 Å². The van der Waals surface area contributed by atoms with Gasteiger partial charge in [-0.1, -0.05) is 6.07 Å². The number of fused-ring (bicyclic) bond motifs is 2. The number of benzene rings is 2. The Balaban J connectivity index is 0.778. The molecule has 2 unspecified atom stereocenters. The minimum absolute atomic E-state index is 0.0176. The fourth-order valence-electron chi connectivity index (χ4n) is 9.35. The number of piperidine rings is 2. The zero-order chi connectivity index (χ0) is 44.4. The third kappa shape index (κ3) is 8.77. The van der Waals surface area contributed by atoms with Crippen LogP contribution in [0.2, 0.25) is 0 Å². The lowest BCUT2D eigenvalue weighted by atomic mass is 9.76. The molecule has 0 saturated carbocycles. The van der Waals surface area contributed by atoms with Crippen LogP contribution >= 0.6 is 0 Å². The number of carbonyl (C=O) groups is 5. The minimum atomic E-state index is -1.06. The molecule has 3 fully saturated rings. The Morgan fingerprint density at radius 1 is 0.952 bits per heavy atom. The first-order chi connectivity index (χ1) is 30.4. The standard InChI is InChI=1S/C46H52N6O11/c1-49(25-34-37(59-3)20-28(21-38(34)60-4)33-26-50(2)43(56)32-23-47-14-10-30(32)33)24-29-22-46(27-63-29)12-15-51(16-13-46)40(54)11-17-61-18-19-62-36-7-5-6-31-41(36)45(58)52(44(31)57)35-8-9-39(53)48-42(35)55/h5-7,10,14,20-21,23,26,29,35H,8-9,11-13,15-19,22,24-25,27H2,1-4H3,(H,48,53,55). The molecule has 4 aliphatic rings. The summed E-state index contributed by atoms with van der Waals surface area (Å²) in [7, 11) is 7.07. The van der Waals surface area contributed by atoms with Crippen molar-refractivity contribution >= 4 is 40.3 Å². The number of likely N-dealkylation sites (N-methyl/N-ethyl adjacent to an activating group) is 1. The van der Waals surface area contributed by atoms with Crippen LogP contribution in [0.3, 0.4) is 0 Å². The number of hydrogen-bond donors (Lipinski definition) is 1. The molecule has 3 saturated heterocycles. The zero-order valence-electron chi connectivity index (χ0n) is 36.0. The highest BCUT2D eigenvalue weighted by molar-refractivity contribution is 6.24. The van der Waals surface area contributed by atoms with Crippen LogP contribution in [0, 0.1) is 5.41 Å². The van der Waals surface area contributed by atoms with Gasteiger partial charge in [0.15, 0.2) is 0 Å². The molecule has 17 nitrogen and oxygen atoms in total. The Morgan fingerprint density at radius 2 is 1.71 bits per heavy atom. The Morgan fingerprint density at radius 3 is 2.44 bits per heavy atom.